The van der Waals surface area contributed by atoms with E-state index in [1.165, 1.54) is 37.3 Å². The third-order valence-corrected chi connectivity index (χ3v) is 5.79. The Morgan fingerprint density at radius 2 is 1.89 bits per heavy atom. The molecule has 0 aliphatic rings. The third-order valence-electron chi connectivity index (χ3n) is 3.75. The number of esters is 1. The van der Waals surface area contributed by atoms with E-state index in [-0.39, 0.29) is 17.0 Å². The second-order valence-electron chi connectivity index (χ2n) is 5.78. The molecule has 0 saturated carbocycles. The Morgan fingerprint density at radius 3 is 2.46 bits per heavy atom. The van der Waals surface area contributed by atoms with Gasteiger partial charge in [0.15, 0.2) is 6.10 Å². The lowest BCUT2D eigenvalue weighted by atomic mass is 10.2. The number of rotatable bonds is 8. The summed E-state index contributed by atoms with van der Waals surface area (Å²) in [6.07, 6.45) is 0.304. The van der Waals surface area contributed by atoms with E-state index in [1.54, 1.807) is 24.3 Å². The summed E-state index contributed by atoms with van der Waals surface area (Å²) in [5.74, 6) is -1.66. The second-order valence-corrected chi connectivity index (χ2v) is 8.08. The van der Waals surface area contributed by atoms with Gasteiger partial charge in [-0.05, 0) is 49.4 Å². The van der Waals surface area contributed by atoms with E-state index >= 15 is 0 Å². The van der Waals surface area contributed by atoms with Crippen molar-refractivity contribution in [3.63, 3.8) is 0 Å². The van der Waals surface area contributed by atoms with Crippen LogP contribution < -0.4 is 10.0 Å². The maximum atomic E-state index is 13.1. The fourth-order valence-corrected chi connectivity index (χ4v) is 3.87. The minimum absolute atomic E-state index is 0.0113. The maximum absolute atomic E-state index is 13.1. The van der Waals surface area contributed by atoms with Gasteiger partial charge in [-0.25, -0.2) is 13.2 Å². The molecule has 0 unspecified atom stereocenters. The van der Waals surface area contributed by atoms with Crippen molar-refractivity contribution in [1.29, 1.82) is 0 Å². The average molecular weight is 423 g/mol. The fourth-order valence-electron chi connectivity index (χ4n) is 2.26. The van der Waals surface area contributed by atoms with Gasteiger partial charge in [-0.3, -0.25) is 9.10 Å². The Hall–Kier alpha value is -2.84. The fraction of sp³-hybridized carbons (Fsp3) is 0.158. The predicted molar refractivity (Wildman–Crippen MR) is 107 cm³/mol. The molecule has 0 bridgehead atoms. The highest BCUT2D eigenvalue weighted by Gasteiger charge is 2.25. The Bertz CT molecular complexity index is 990. The van der Waals surface area contributed by atoms with Crippen molar-refractivity contribution in [1.82, 2.24) is 0 Å². The van der Waals surface area contributed by atoms with Crippen molar-refractivity contribution in [3.05, 3.63) is 71.8 Å². The van der Waals surface area contributed by atoms with Crippen LogP contribution in [0.25, 0.3) is 0 Å². The quantitative estimate of drug-likeness (QED) is 0.520. The number of sulfonamides is 1. The zero-order chi connectivity index (χ0) is 20.9. The third kappa shape index (κ3) is 4.90. The molecule has 0 saturated heterocycles. The zero-order valence-corrected chi connectivity index (χ0v) is 16.6. The van der Waals surface area contributed by atoms with Crippen LogP contribution >= 0.6 is 11.6 Å². The number of amides is 1. The molecule has 148 valence electrons. The van der Waals surface area contributed by atoms with Gasteiger partial charge in [0.1, 0.15) is 0 Å². The number of halogens is 1. The van der Waals surface area contributed by atoms with Crippen molar-refractivity contribution in [2.24, 2.45) is 5.73 Å². The number of hydrogen-bond acceptors (Lipinski definition) is 5. The molecule has 1 amide bonds. The first-order chi connectivity index (χ1) is 13.2. The number of anilines is 1. The van der Waals surface area contributed by atoms with Crippen molar-refractivity contribution in [2.75, 3.05) is 10.8 Å². The highest BCUT2D eigenvalue weighted by molar-refractivity contribution is 7.92. The SMILES string of the molecule is C=CCN(c1ccc(Cl)cc1)S(=O)(=O)c1cccc(C(=O)O[C@@H](C)C(N)=O)c1. The molecule has 0 aliphatic carbocycles. The molecule has 0 radical (unpaired) electrons. The Balaban J connectivity index is 2.40. The number of primary amides is 1. The molecule has 0 aromatic heterocycles. The van der Waals surface area contributed by atoms with E-state index in [1.807, 2.05) is 0 Å². The maximum Gasteiger partial charge on any atom is 0.338 e. The highest BCUT2D eigenvalue weighted by Crippen LogP contribution is 2.26. The van der Waals surface area contributed by atoms with Gasteiger partial charge < -0.3 is 10.5 Å². The monoisotopic (exact) mass is 422 g/mol. The van der Waals surface area contributed by atoms with Gasteiger partial charge >= 0.3 is 5.97 Å². The molecule has 2 rings (SSSR count). The molecule has 2 N–H and O–H groups in total. The summed E-state index contributed by atoms with van der Waals surface area (Å²) in [6.45, 7) is 4.93. The minimum Gasteiger partial charge on any atom is -0.449 e. The summed E-state index contributed by atoms with van der Waals surface area (Å²) in [7, 11) is -4.01. The van der Waals surface area contributed by atoms with Gasteiger partial charge in [0, 0.05) is 5.02 Å². The molecule has 0 heterocycles. The Kier molecular flexibility index (Phi) is 6.82. The van der Waals surface area contributed by atoms with Crippen molar-refractivity contribution >= 4 is 39.2 Å². The van der Waals surface area contributed by atoms with Gasteiger partial charge in [0.2, 0.25) is 0 Å². The number of benzene rings is 2. The van der Waals surface area contributed by atoms with E-state index < -0.39 is 28.0 Å². The van der Waals surface area contributed by atoms with Gasteiger partial charge in [0.05, 0.1) is 22.7 Å². The van der Waals surface area contributed by atoms with E-state index in [4.69, 9.17) is 22.1 Å². The van der Waals surface area contributed by atoms with Crippen LogP contribution in [-0.4, -0.2) is 32.9 Å². The lowest BCUT2D eigenvalue weighted by Crippen LogP contribution is -2.32. The second kappa shape index (κ2) is 8.90. The smallest absolute Gasteiger partial charge is 0.338 e. The summed E-state index contributed by atoms with van der Waals surface area (Å²) < 4.78 is 32.3. The van der Waals surface area contributed by atoms with Crippen LogP contribution in [0.2, 0.25) is 5.02 Å². The van der Waals surface area contributed by atoms with Gasteiger partial charge in [-0.1, -0.05) is 23.7 Å². The summed E-state index contributed by atoms with van der Waals surface area (Å²) in [4.78, 5) is 23.1. The molecular formula is C19H19ClN2O5S. The number of carbonyl (C=O) groups excluding carboxylic acids is 2. The average Bonchev–Trinajstić information content (AvgIpc) is 2.66. The summed E-state index contributed by atoms with van der Waals surface area (Å²) in [6, 6.07) is 11.6. The molecule has 0 aliphatic heterocycles. The molecule has 2 aromatic carbocycles. The van der Waals surface area contributed by atoms with Gasteiger partial charge in [-0.2, -0.15) is 0 Å². The number of nitrogens with zero attached hydrogens (tertiary/aromatic N) is 1. The van der Waals surface area contributed by atoms with E-state index in [9.17, 15) is 18.0 Å². The molecule has 28 heavy (non-hydrogen) atoms. The lowest BCUT2D eigenvalue weighted by molar-refractivity contribution is -0.125. The molecule has 1 atom stereocenters. The largest absolute Gasteiger partial charge is 0.449 e. The molecule has 7 nitrogen and oxygen atoms in total. The van der Waals surface area contributed by atoms with E-state index in [0.29, 0.717) is 10.7 Å². The van der Waals surface area contributed by atoms with Gasteiger partial charge in [0.25, 0.3) is 15.9 Å². The topological polar surface area (TPSA) is 107 Å². The van der Waals surface area contributed by atoms with Crippen LogP contribution in [0.4, 0.5) is 5.69 Å². The standard InChI is InChI=1S/C19H19ClN2O5S/c1-3-11-22(16-9-7-15(20)8-10-16)28(25,26)17-6-4-5-14(12-17)19(24)27-13(2)18(21)23/h3-10,12-13H,1,11H2,2H3,(H2,21,23)/t13-/m0/s1. The summed E-state index contributed by atoms with van der Waals surface area (Å²) in [5.41, 5.74) is 5.44. The number of carbonyl (C=O) groups is 2. The Labute approximate surface area is 168 Å². The predicted octanol–water partition coefficient (Wildman–Crippen LogP) is 2.75. The van der Waals surface area contributed by atoms with Gasteiger partial charge in [-0.15, -0.1) is 6.58 Å². The van der Waals surface area contributed by atoms with E-state index in [0.717, 1.165) is 4.31 Å². The van der Waals surface area contributed by atoms with Crippen LogP contribution in [-0.2, 0) is 19.6 Å². The number of ether oxygens (including phenoxy) is 1. The normalized spacial score (nSPS) is 12.1. The van der Waals surface area contributed by atoms with E-state index in [2.05, 4.69) is 6.58 Å². The van der Waals surface area contributed by atoms with Crippen LogP contribution in [0.3, 0.4) is 0 Å². The first-order valence-corrected chi connectivity index (χ1v) is 9.98. The van der Waals surface area contributed by atoms with Crippen LogP contribution in [0.1, 0.15) is 17.3 Å². The molecule has 2 aromatic rings. The van der Waals surface area contributed by atoms with Crippen molar-refractivity contribution < 1.29 is 22.7 Å². The minimum atomic E-state index is -4.01. The highest BCUT2D eigenvalue weighted by atomic mass is 35.5. The molecule has 0 fully saturated rings. The lowest BCUT2D eigenvalue weighted by Gasteiger charge is -2.23. The molecule has 9 heteroatoms. The Morgan fingerprint density at radius 1 is 1.25 bits per heavy atom. The first kappa shape index (κ1) is 21.5. The number of nitrogens with two attached hydrogens (primary N) is 1. The number of hydrogen-bond donors (Lipinski definition) is 1. The molecular weight excluding hydrogens is 404 g/mol. The zero-order valence-electron chi connectivity index (χ0n) is 15.0. The summed E-state index contributed by atoms with van der Waals surface area (Å²) in [5, 5.41) is 0.466. The van der Waals surface area contributed by atoms with Crippen LogP contribution in [0.15, 0.2) is 66.1 Å². The summed E-state index contributed by atoms with van der Waals surface area (Å²) >= 11 is 5.87. The van der Waals surface area contributed by atoms with Crippen molar-refractivity contribution in [2.45, 2.75) is 17.9 Å². The van der Waals surface area contributed by atoms with Crippen LogP contribution in [0, 0.1) is 0 Å². The first-order valence-electron chi connectivity index (χ1n) is 8.16. The van der Waals surface area contributed by atoms with Crippen LogP contribution in [0.5, 0.6) is 0 Å². The molecule has 0 spiro atoms. The van der Waals surface area contributed by atoms with Crippen molar-refractivity contribution in [3.8, 4) is 0 Å².